The van der Waals surface area contributed by atoms with Crippen molar-refractivity contribution in [2.45, 2.75) is 22.3 Å². The molecule has 1 fully saturated rings. The van der Waals surface area contributed by atoms with Crippen molar-refractivity contribution in [1.82, 2.24) is 40.2 Å². The lowest BCUT2D eigenvalue weighted by Gasteiger charge is -2.18. The van der Waals surface area contributed by atoms with Gasteiger partial charge in [0.05, 0.1) is 16.6 Å². The molecule has 0 amide bonds. The lowest BCUT2D eigenvalue weighted by molar-refractivity contribution is 0.555. The summed E-state index contributed by atoms with van der Waals surface area (Å²) >= 11 is 0. The first kappa shape index (κ1) is 23.3. The minimum absolute atomic E-state index is 0.120. The van der Waals surface area contributed by atoms with Gasteiger partial charge in [0.2, 0.25) is 31.8 Å². The molecule has 4 aromatic rings. The van der Waals surface area contributed by atoms with Gasteiger partial charge in [-0.1, -0.05) is 18.2 Å². The zero-order valence-electron chi connectivity index (χ0n) is 18.4. The third-order valence-electron chi connectivity index (χ3n) is 5.88. The summed E-state index contributed by atoms with van der Waals surface area (Å²) in [5.74, 6) is 0.0957. The Labute approximate surface area is 200 Å². The summed E-state index contributed by atoms with van der Waals surface area (Å²) in [6, 6.07) is 7.53. The summed E-state index contributed by atoms with van der Waals surface area (Å²) in [5, 5.41) is 22.3. The van der Waals surface area contributed by atoms with Crippen molar-refractivity contribution < 1.29 is 16.8 Å². The van der Waals surface area contributed by atoms with Gasteiger partial charge in [0.15, 0.2) is 0 Å². The smallest absolute Gasteiger partial charge is 0.242 e. The highest BCUT2D eigenvalue weighted by atomic mass is 32.2. The molecule has 14 nitrogen and oxygen atoms in total. The maximum atomic E-state index is 13.3. The van der Waals surface area contributed by atoms with Crippen molar-refractivity contribution in [1.29, 1.82) is 0 Å². The number of aromatic nitrogens is 6. The first-order chi connectivity index (χ1) is 16.6. The molecule has 1 atom stereocenters. The molecule has 0 radical (unpaired) electrons. The van der Waals surface area contributed by atoms with Crippen molar-refractivity contribution in [3.8, 4) is 22.5 Å². The Morgan fingerprint density at radius 3 is 2.60 bits per heavy atom. The fraction of sp³-hybridized carbons (Fsp3) is 0.263. The quantitative estimate of drug-likeness (QED) is 0.216. The molecule has 184 valence electrons. The Morgan fingerprint density at radius 2 is 1.94 bits per heavy atom. The summed E-state index contributed by atoms with van der Waals surface area (Å²) in [7, 11) is -7.15. The van der Waals surface area contributed by atoms with E-state index >= 15 is 0 Å². The van der Waals surface area contributed by atoms with Gasteiger partial charge in [-0.25, -0.2) is 31.7 Å². The van der Waals surface area contributed by atoms with E-state index in [0.29, 0.717) is 41.7 Å². The SMILES string of the molecule is Cn1c(N)nc2c(-c3ccc(S(=O)(=O)N[C@H]4CCNC4)c(S(N)(=O)=O)c3-c3nn[nH]n3)cccc21. The molecule has 0 saturated carbocycles. The monoisotopic (exact) mass is 518 g/mol. The second-order valence-electron chi connectivity index (χ2n) is 8.11. The van der Waals surface area contributed by atoms with Crippen LogP contribution in [0.15, 0.2) is 40.1 Å². The highest BCUT2D eigenvalue weighted by Crippen LogP contribution is 2.41. The van der Waals surface area contributed by atoms with E-state index in [9.17, 15) is 16.8 Å². The number of sulfonamides is 2. The molecule has 2 aromatic heterocycles. The van der Waals surface area contributed by atoms with Crippen molar-refractivity contribution in [3.05, 3.63) is 30.3 Å². The predicted octanol–water partition coefficient (Wildman–Crippen LogP) is -0.710. The minimum Gasteiger partial charge on any atom is -0.369 e. The highest BCUT2D eigenvalue weighted by molar-refractivity contribution is 7.92. The number of imidazole rings is 1. The molecule has 16 heteroatoms. The van der Waals surface area contributed by atoms with Crippen LogP contribution in [0.3, 0.4) is 0 Å². The Bertz CT molecular complexity index is 1640. The van der Waals surface area contributed by atoms with Crippen LogP contribution in [0.25, 0.3) is 33.5 Å². The second-order valence-corrected chi connectivity index (χ2v) is 11.3. The number of tetrazole rings is 1. The van der Waals surface area contributed by atoms with Gasteiger partial charge in [-0.3, -0.25) is 0 Å². The van der Waals surface area contributed by atoms with Gasteiger partial charge in [0.1, 0.15) is 9.79 Å². The van der Waals surface area contributed by atoms with Crippen LogP contribution in [0.2, 0.25) is 0 Å². The van der Waals surface area contributed by atoms with Crippen LogP contribution >= 0.6 is 0 Å². The highest BCUT2D eigenvalue weighted by Gasteiger charge is 2.34. The molecule has 0 spiro atoms. The van der Waals surface area contributed by atoms with E-state index in [4.69, 9.17) is 10.9 Å². The van der Waals surface area contributed by atoms with E-state index in [1.54, 1.807) is 29.8 Å². The lowest BCUT2D eigenvalue weighted by Crippen LogP contribution is -2.37. The summed E-state index contributed by atoms with van der Waals surface area (Å²) < 4.78 is 56.7. The average molecular weight is 519 g/mol. The summed E-state index contributed by atoms with van der Waals surface area (Å²) in [5.41, 5.74) is 7.81. The van der Waals surface area contributed by atoms with Crippen molar-refractivity contribution in [3.63, 3.8) is 0 Å². The number of nitrogens with one attached hydrogen (secondary N) is 3. The standard InChI is InChI=1S/C19H22N10O4S2/c1-29-13-4-2-3-12(16(13)23-19(29)20)11-5-6-14(35(32,33)26-10-7-8-22-9-10)17(34(21,30)31)15(11)18-24-27-28-25-18/h2-6,10,22,26H,7-9H2,1H3,(H2,20,23)(H2,21,30,31)(H,24,25,27,28)/t10-/m0/s1. The third-order valence-corrected chi connectivity index (χ3v) is 8.57. The molecule has 2 aromatic carbocycles. The molecule has 35 heavy (non-hydrogen) atoms. The van der Waals surface area contributed by atoms with Gasteiger partial charge in [0.25, 0.3) is 0 Å². The van der Waals surface area contributed by atoms with Crippen LogP contribution in [0.5, 0.6) is 0 Å². The van der Waals surface area contributed by atoms with Gasteiger partial charge in [-0.15, -0.1) is 10.2 Å². The molecule has 1 aliphatic rings. The molecule has 1 saturated heterocycles. The van der Waals surface area contributed by atoms with Gasteiger partial charge in [0, 0.05) is 25.2 Å². The number of nitrogens with two attached hydrogens (primary N) is 2. The Hall–Kier alpha value is -3.44. The number of hydrogen-bond acceptors (Lipinski definition) is 10. The Kier molecular flexibility index (Phi) is 5.56. The predicted molar refractivity (Wildman–Crippen MR) is 127 cm³/mol. The number of rotatable bonds is 6. The van der Waals surface area contributed by atoms with Gasteiger partial charge in [-0.2, -0.15) is 5.21 Å². The molecular formula is C19H22N10O4S2. The molecule has 3 heterocycles. The summed E-state index contributed by atoms with van der Waals surface area (Å²) in [4.78, 5) is 3.25. The summed E-state index contributed by atoms with van der Waals surface area (Å²) in [6.45, 7) is 1.06. The number of anilines is 1. The Balaban J connectivity index is 1.84. The van der Waals surface area contributed by atoms with Crippen molar-refractivity contribution in [2.24, 2.45) is 12.2 Å². The zero-order chi connectivity index (χ0) is 25.0. The van der Waals surface area contributed by atoms with Crippen LogP contribution < -0.4 is 20.9 Å². The van der Waals surface area contributed by atoms with E-state index in [0.717, 1.165) is 0 Å². The molecule has 1 aliphatic heterocycles. The van der Waals surface area contributed by atoms with Crippen LogP contribution in [-0.4, -0.2) is 66.1 Å². The molecule has 7 N–H and O–H groups in total. The van der Waals surface area contributed by atoms with E-state index in [1.165, 1.54) is 12.1 Å². The van der Waals surface area contributed by atoms with E-state index in [2.05, 4.69) is 35.6 Å². The normalized spacial score (nSPS) is 16.8. The minimum atomic E-state index is -4.60. The fourth-order valence-electron chi connectivity index (χ4n) is 4.26. The number of para-hydroxylation sites is 1. The molecular weight excluding hydrogens is 496 g/mol. The number of hydrogen-bond donors (Lipinski definition) is 5. The summed E-state index contributed by atoms with van der Waals surface area (Å²) in [6.07, 6.45) is 0.558. The topological polar surface area (TPSA) is 217 Å². The molecule has 0 bridgehead atoms. The van der Waals surface area contributed by atoms with Crippen molar-refractivity contribution in [2.75, 3.05) is 18.8 Å². The van der Waals surface area contributed by atoms with Gasteiger partial charge in [-0.05, 0) is 35.9 Å². The van der Waals surface area contributed by atoms with Crippen LogP contribution in [-0.2, 0) is 27.1 Å². The fourth-order valence-corrected chi connectivity index (χ4v) is 7.13. The van der Waals surface area contributed by atoms with Crippen LogP contribution in [0.4, 0.5) is 5.95 Å². The van der Waals surface area contributed by atoms with Gasteiger partial charge < -0.3 is 15.6 Å². The molecule has 0 unspecified atom stereocenters. The Morgan fingerprint density at radius 1 is 1.14 bits per heavy atom. The first-order valence-corrected chi connectivity index (χ1v) is 13.5. The molecule has 5 rings (SSSR count). The molecule has 0 aliphatic carbocycles. The maximum Gasteiger partial charge on any atom is 0.242 e. The number of aryl methyl sites for hydroxylation is 1. The number of fused-ring (bicyclic) bond motifs is 1. The van der Waals surface area contributed by atoms with E-state index in [-0.39, 0.29) is 17.3 Å². The second kappa shape index (κ2) is 8.35. The first-order valence-electron chi connectivity index (χ1n) is 10.5. The number of nitrogens with zero attached hydrogens (tertiary/aromatic N) is 5. The zero-order valence-corrected chi connectivity index (χ0v) is 20.1. The van der Waals surface area contributed by atoms with Crippen molar-refractivity contribution >= 4 is 37.0 Å². The average Bonchev–Trinajstić information content (AvgIpc) is 3.55. The number of benzene rings is 2. The van der Waals surface area contributed by atoms with E-state index < -0.39 is 35.9 Å². The van der Waals surface area contributed by atoms with Crippen LogP contribution in [0.1, 0.15) is 6.42 Å². The number of H-pyrrole nitrogens is 1. The maximum absolute atomic E-state index is 13.3. The van der Waals surface area contributed by atoms with E-state index in [1.807, 2.05) is 0 Å². The van der Waals surface area contributed by atoms with Crippen LogP contribution in [0, 0.1) is 0 Å². The third kappa shape index (κ3) is 4.04. The number of nitrogen functional groups attached to an aromatic ring is 1. The largest absolute Gasteiger partial charge is 0.369 e. The van der Waals surface area contributed by atoms with Gasteiger partial charge >= 0.3 is 0 Å². The number of aromatic amines is 1. The number of primary sulfonamides is 1. The lowest BCUT2D eigenvalue weighted by atomic mass is 9.98.